The highest BCUT2D eigenvalue weighted by Gasteiger charge is 2.38. The van der Waals surface area contributed by atoms with Crippen LogP contribution in [0.3, 0.4) is 0 Å². The zero-order valence-corrected chi connectivity index (χ0v) is 37.5. The minimum absolute atomic E-state index is 0.0692. The molecule has 0 heterocycles. The van der Waals surface area contributed by atoms with E-state index in [2.05, 4.69) is 247 Å². The molecule has 0 unspecified atom stereocenters. The van der Waals surface area contributed by atoms with Crippen LogP contribution in [0, 0.1) is 0 Å². The lowest BCUT2D eigenvalue weighted by molar-refractivity contribution is 0.660. The second-order valence-electron chi connectivity index (χ2n) is 19.7. The molecule has 308 valence electrons. The molecule has 0 aromatic heterocycles. The summed E-state index contributed by atoms with van der Waals surface area (Å²) in [5.41, 5.74) is 26.9. The van der Waals surface area contributed by atoms with E-state index in [-0.39, 0.29) is 16.2 Å². The summed E-state index contributed by atoms with van der Waals surface area (Å²) in [7, 11) is 0. The number of hydrogen-bond acceptors (Lipinski definition) is 1. The van der Waals surface area contributed by atoms with E-state index in [1.54, 1.807) is 0 Å². The molecule has 0 N–H and O–H groups in total. The van der Waals surface area contributed by atoms with Gasteiger partial charge in [0.15, 0.2) is 0 Å². The average molecular weight is 822 g/mol. The van der Waals surface area contributed by atoms with Gasteiger partial charge in [-0.15, -0.1) is 0 Å². The second kappa shape index (κ2) is 13.9. The van der Waals surface area contributed by atoms with Crippen molar-refractivity contribution in [3.8, 4) is 66.8 Å². The van der Waals surface area contributed by atoms with Crippen molar-refractivity contribution >= 4 is 17.1 Å². The minimum atomic E-state index is -0.0980. The Morgan fingerprint density at radius 1 is 0.250 bits per heavy atom. The van der Waals surface area contributed by atoms with E-state index in [1.165, 1.54) is 100 Å². The Balaban J connectivity index is 0.972. The second-order valence-corrected chi connectivity index (χ2v) is 19.7. The van der Waals surface area contributed by atoms with Crippen molar-refractivity contribution in [2.45, 2.75) is 57.8 Å². The first-order valence-electron chi connectivity index (χ1n) is 22.8. The summed E-state index contributed by atoms with van der Waals surface area (Å²) in [6, 6.07) is 75.2. The van der Waals surface area contributed by atoms with Crippen LogP contribution in [0.1, 0.15) is 74.9 Å². The van der Waals surface area contributed by atoms with E-state index >= 15 is 0 Å². The zero-order valence-electron chi connectivity index (χ0n) is 37.5. The molecule has 0 atom stereocenters. The number of nitrogens with zero attached hydrogens (tertiary/aromatic N) is 1. The SMILES string of the molecule is CC1(C)c2ccccc2-c2ccc(-c3cccc(N(c4ccc(-c5cccc6c5C(C)(C)c5ccccc5-6)cc4)c4cccc(-c5ccc6c(c5)C(C)(C)c5ccccc5-6)c4)c3)cc21. The van der Waals surface area contributed by atoms with E-state index in [9.17, 15) is 0 Å². The van der Waals surface area contributed by atoms with Crippen LogP contribution < -0.4 is 4.90 Å². The molecular weight excluding hydrogens is 771 g/mol. The van der Waals surface area contributed by atoms with Crippen LogP contribution in [0.5, 0.6) is 0 Å². The maximum Gasteiger partial charge on any atom is 0.0467 e. The fraction of sp³-hybridized carbons (Fsp3) is 0.143. The number of rotatable bonds is 6. The first-order chi connectivity index (χ1) is 31.0. The normalized spacial score (nSPS) is 15.1. The van der Waals surface area contributed by atoms with E-state index in [0.717, 1.165) is 17.1 Å². The maximum atomic E-state index is 2.44. The summed E-state index contributed by atoms with van der Waals surface area (Å²) in [5.74, 6) is 0. The fourth-order valence-corrected chi connectivity index (χ4v) is 11.7. The van der Waals surface area contributed by atoms with E-state index in [4.69, 9.17) is 0 Å². The molecule has 3 aliphatic rings. The lowest BCUT2D eigenvalue weighted by Gasteiger charge is -2.28. The Bertz CT molecular complexity index is 3210. The van der Waals surface area contributed by atoms with Crippen molar-refractivity contribution in [3.63, 3.8) is 0 Å². The van der Waals surface area contributed by atoms with Gasteiger partial charge in [0.05, 0.1) is 0 Å². The molecular formula is C63H51N. The summed E-state index contributed by atoms with van der Waals surface area (Å²) >= 11 is 0. The third-order valence-corrected chi connectivity index (χ3v) is 15.1. The van der Waals surface area contributed by atoms with Crippen LogP contribution >= 0.6 is 0 Å². The van der Waals surface area contributed by atoms with E-state index in [1.807, 2.05) is 0 Å². The van der Waals surface area contributed by atoms with Gasteiger partial charge < -0.3 is 4.90 Å². The molecule has 0 saturated carbocycles. The summed E-state index contributed by atoms with van der Waals surface area (Å²) in [4.78, 5) is 2.44. The van der Waals surface area contributed by atoms with E-state index in [0.29, 0.717) is 0 Å². The molecule has 0 saturated heterocycles. The summed E-state index contributed by atoms with van der Waals surface area (Å²) < 4.78 is 0. The first kappa shape index (κ1) is 38.5. The van der Waals surface area contributed by atoms with Gasteiger partial charge >= 0.3 is 0 Å². The number of fused-ring (bicyclic) bond motifs is 9. The molecule has 64 heavy (non-hydrogen) atoms. The Morgan fingerprint density at radius 3 is 1.14 bits per heavy atom. The van der Waals surface area contributed by atoms with Gasteiger partial charge in [-0.25, -0.2) is 0 Å². The van der Waals surface area contributed by atoms with Gasteiger partial charge in [-0.05, 0) is 149 Å². The van der Waals surface area contributed by atoms with Crippen molar-refractivity contribution in [2.24, 2.45) is 0 Å². The third kappa shape index (κ3) is 5.63. The molecule has 0 radical (unpaired) electrons. The smallest absolute Gasteiger partial charge is 0.0467 e. The Kier molecular flexibility index (Phi) is 8.35. The maximum absolute atomic E-state index is 2.44. The lowest BCUT2D eigenvalue weighted by atomic mass is 9.79. The molecule has 1 heteroatoms. The third-order valence-electron chi connectivity index (χ3n) is 15.1. The average Bonchev–Trinajstić information content (AvgIpc) is 3.81. The van der Waals surface area contributed by atoms with Crippen molar-refractivity contribution in [1.82, 2.24) is 0 Å². The van der Waals surface area contributed by atoms with Crippen LogP contribution in [0.25, 0.3) is 66.8 Å². The van der Waals surface area contributed by atoms with Gasteiger partial charge in [0.25, 0.3) is 0 Å². The molecule has 9 aromatic carbocycles. The predicted molar refractivity (Wildman–Crippen MR) is 270 cm³/mol. The Hall–Kier alpha value is -7.22. The van der Waals surface area contributed by atoms with Crippen molar-refractivity contribution in [2.75, 3.05) is 4.90 Å². The van der Waals surface area contributed by atoms with Crippen LogP contribution in [0.4, 0.5) is 17.1 Å². The van der Waals surface area contributed by atoms with Gasteiger partial charge in [0.1, 0.15) is 0 Å². The lowest BCUT2D eigenvalue weighted by Crippen LogP contribution is -2.16. The van der Waals surface area contributed by atoms with Crippen LogP contribution in [-0.4, -0.2) is 0 Å². The standard InChI is InChI=1S/C63H51N/c1-61(2)55-25-10-7-20-49(55)52-34-30-43(38-58(52)61)41-16-13-18-46(36-41)64(45-32-28-40(29-33-45)48-23-15-24-54-51-22-9-12-27-57(51)63(5,6)60(48)54)47-19-14-17-42(37-47)44-31-35-53-50-21-8-11-26-56(50)62(3,4)59(53)39-44/h7-39H,1-6H3. The summed E-state index contributed by atoms with van der Waals surface area (Å²) in [5, 5.41) is 0. The number of hydrogen-bond donors (Lipinski definition) is 0. The molecule has 12 rings (SSSR count). The van der Waals surface area contributed by atoms with Crippen molar-refractivity contribution < 1.29 is 0 Å². The molecule has 0 fully saturated rings. The van der Waals surface area contributed by atoms with Crippen LogP contribution in [-0.2, 0) is 16.2 Å². The van der Waals surface area contributed by atoms with Gasteiger partial charge in [0, 0.05) is 33.3 Å². The number of benzene rings is 9. The summed E-state index contributed by atoms with van der Waals surface area (Å²) in [6.07, 6.45) is 0. The zero-order chi connectivity index (χ0) is 43.5. The highest BCUT2D eigenvalue weighted by Crippen LogP contribution is 2.54. The largest absolute Gasteiger partial charge is 0.310 e. The quantitative estimate of drug-likeness (QED) is 0.161. The highest BCUT2D eigenvalue weighted by atomic mass is 15.1. The van der Waals surface area contributed by atoms with Crippen LogP contribution in [0.15, 0.2) is 200 Å². The van der Waals surface area contributed by atoms with Gasteiger partial charge in [-0.2, -0.15) is 0 Å². The van der Waals surface area contributed by atoms with Crippen molar-refractivity contribution in [3.05, 3.63) is 234 Å². The van der Waals surface area contributed by atoms with Gasteiger partial charge in [0.2, 0.25) is 0 Å². The van der Waals surface area contributed by atoms with Crippen LogP contribution in [0.2, 0.25) is 0 Å². The monoisotopic (exact) mass is 821 g/mol. The van der Waals surface area contributed by atoms with Crippen molar-refractivity contribution in [1.29, 1.82) is 0 Å². The Labute approximate surface area is 378 Å². The summed E-state index contributed by atoms with van der Waals surface area (Å²) in [6.45, 7) is 14.2. The van der Waals surface area contributed by atoms with Gasteiger partial charge in [-0.1, -0.05) is 193 Å². The Morgan fingerprint density at radius 2 is 0.625 bits per heavy atom. The first-order valence-corrected chi connectivity index (χ1v) is 22.8. The molecule has 9 aromatic rings. The molecule has 0 spiro atoms. The number of anilines is 3. The molecule has 0 aliphatic heterocycles. The molecule has 3 aliphatic carbocycles. The molecule has 0 bridgehead atoms. The molecule has 0 amide bonds. The highest BCUT2D eigenvalue weighted by molar-refractivity contribution is 5.91. The fourth-order valence-electron chi connectivity index (χ4n) is 11.7. The molecule has 1 nitrogen and oxygen atoms in total. The minimum Gasteiger partial charge on any atom is -0.310 e. The van der Waals surface area contributed by atoms with E-state index < -0.39 is 0 Å². The van der Waals surface area contributed by atoms with Gasteiger partial charge in [-0.3, -0.25) is 0 Å². The topological polar surface area (TPSA) is 3.24 Å². The predicted octanol–water partition coefficient (Wildman–Crippen LogP) is 17.1.